The average molecular weight is 348 g/mol. The summed E-state index contributed by atoms with van der Waals surface area (Å²) in [6.07, 6.45) is 0. The van der Waals surface area contributed by atoms with Gasteiger partial charge in [-0.3, -0.25) is 25.0 Å². The van der Waals surface area contributed by atoms with Crippen LogP contribution in [0, 0.1) is 20.2 Å². The maximum atomic E-state index is 12.9. The molecule has 0 heterocycles. The molecule has 3 rings (SSSR count). The van der Waals surface area contributed by atoms with Crippen LogP contribution in [-0.2, 0) is 0 Å². The van der Waals surface area contributed by atoms with E-state index in [1.165, 1.54) is 36.4 Å². The third-order valence-corrected chi connectivity index (χ3v) is 3.89. The molecule has 128 valence electrons. The lowest BCUT2D eigenvalue weighted by Crippen LogP contribution is -2.09. The number of ketones is 1. The van der Waals surface area contributed by atoms with E-state index in [1.54, 1.807) is 36.4 Å². The van der Waals surface area contributed by atoms with Gasteiger partial charge in [0.25, 0.3) is 11.4 Å². The molecule has 0 radical (unpaired) electrons. The van der Waals surface area contributed by atoms with Crippen LogP contribution in [-0.4, -0.2) is 15.6 Å². The molecule has 0 atom stereocenters. The van der Waals surface area contributed by atoms with E-state index in [4.69, 9.17) is 0 Å². The van der Waals surface area contributed by atoms with Crippen LogP contribution in [0.5, 0.6) is 0 Å². The summed E-state index contributed by atoms with van der Waals surface area (Å²) in [7, 11) is 0. The zero-order valence-electron chi connectivity index (χ0n) is 13.4. The highest BCUT2D eigenvalue weighted by Crippen LogP contribution is 2.35. The number of nitro groups is 2. The smallest absolute Gasteiger partial charge is 0.288 e. The molecular formula is C19H12N2O5. The van der Waals surface area contributed by atoms with E-state index in [0.717, 1.165) is 0 Å². The Morgan fingerprint density at radius 2 is 1.31 bits per heavy atom. The number of hydrogen-bond donors (Lipinski definition) is 0. The number of para-hydroxylation sites is 2. The minimum atomic E-state index is -0.762. The van der Waals surface area contributed by atoms with E-state index in [0.29, 0.717) is 5.56 Å². The molecule has 0 spiro atoms. The van der Waals surface area contributed by atoms with Crippen LogP contribution in [0.3, 0.4) is 0 Å². The summed E-state index contributed by atoms with van der Waals surface area (Å²) in [5, 5.41) is 22.9. The Balaban J connectivity index is 2.22. The summed E-state index contributed by atoms with van der Waals surface area (Å²) in [5.74, 6) is -0.762. The molecule has 0 fully saturated rings. The molecular weight excluding hydrogens is 336 g/mol. The van der Waals surface area contributed by atoms with Gasteiger partial charge in [-0.15, -0.1) is 0 Å². The SMILES string of the molecule is O=C(c1ccccc1[N+](=O)[O-])c1cccc(-c2ccccc2)c1[N+](=O)[O-]. The number of hydrogen-bond acceptors (Lipinski definition) is 5. The number of nitrogens with zero attached hydrogens (tertiary/aromatic N) is 2. The molecule has 0 aliphatic heterocycles. The molecule has 0 unspecified atom stereocenters. The first-order chi connectivity index (χ1) is 12.5. The molecule has 0 aliphatic rings. The molecule has 0 aliphatic carbocycles. The maximum absolute atomic E-state index is 12.9. The summed E-state index contributed by atoms with van der Waals surface area (Å²) >= 11 is 0. The number of nitro benzene ring substituents is 2. The molecule has 7 heteroatoms. The van der Waals surface area contributed by atoms with Crippen LogP contribution in [0.4, 0.5) is 11.4 Å². The van der Waals surface area contributed by atoms with Crippen LogP contribution in [0.15, 0.2) is 72.8 Å². The van der Waals surface area contributed by atoms with E-state index >= 15 is 0 Å². The van der Waals surface area contributed by atoms with E-state index < -0.39 is 21.3 Å². The summed E-state index contributed by atoms with van der Waals surface area (Å²) in [6, 6.07) is 18.4. The third kappa shape index (κ3) is 3.05. The summed E-state index contributed by atoms with van der Waals surface area (Å²) in [6.45, 7) is 0. The van der Waals surface area contributed by atoms with E-state index in [2.05, 4.69) is 0 Å². The van der Waals surface area contributed by atoms with Crippen molar-refractivity contribution in [3.8, 4) is 11.1 Å². The second kappa shape index (κ2) is 6.94. The van der Waals surface area contributed by atoms with Gasteiger partial charge in [0, 0.05) is 6.07 Å². The van der Waals surface area contributed by atoms with Crippen LogP contribution in [0.1, 0.15) is 15.9 Å². The van der Waals surface area contributed by atoms with Crippen LogP contribution < -0.4 is 0 Å². The van der Waals surface area contributed by atoms with Gasteiger partial charge in [-0.05, 0) is 23.8 Å². The predicted molar refractivity (Wildman–Crippen MR) is 95.1 cm³/mol. The topological polar surface area (TPSA) is 103 Å². The van der Waals surface area contributed by atoms with Gasteiger partial charge in [0.15, 0.2) is 0 Å². The lowest BCUT2D eigenvalue weighted by atomic mass is 9.95. The zero-order chi connectivity index (χ0) is 18.7. The number of benzene rings is 3. The Bertz CT molecular complexity index is 1020. The van der Waals surface area contributed by atoms with E-state index in [1.807, 2.05) is 0 Å². The van der Waals surface area contributed by atoms with Gasteiger partial charge in [-0.25, -0.2) is 0 Å². The number of rotatable bonds is 5. The van der Waals surface area contributed by atoms with Gasteiger partial charge >= 0.3 is 0 Å². The molecule has 26 heavy (non-hydrogen) atoms. The molecule has 0 N–H and O–H groups in total. The van der Waals surface area contributed by atoms with Crippen molar-refractivity contribution in [1.82, 2.24) is 0 Å². The molecule has 0 bridgehead atoms. The summed E-state index contributed by atoms with van der Waals surface area (Å²) in [4.78, 5) is 34.4. The van der Waals surface area contributed by atoms with Gasteiger partial charge in [-0.1, -0.05) is 48.5 Å². The molecule has 0 saturated carbocycles. The first-order valence-electron chi connectivity index (χ1n) is 7.61. The molecule has 7 nitrogen and oxygen atoms in total. The monoisotopic (exact) mass is 348 g/mol. The molecule has 0 aromatic heterocycles. The maximum Gasteiger partial charge on any atom is 0.288 e. The van der Waals surface area contributed by atoms with Crippen molar-refractivity contribution in [1.29, 1.82) is 0 Å². The fourth-order valence-corrected chi connectivity index (χ4v) is 2.74. The van der Waals surface area contributed by atoms with E-state index in [-0.39, 0.29) is 22.4 Å². The lowest BCUT2D eigenvalue weighted by Gasteiger charge is -2.08. The third-order valence-electron chi connectivity index (χ3n) is 3.89. The fourth-order valence-electron chi connectivity index (χ4n) is 2.74. The van der Waals surface area contributed by atoms with Crippen LogP contribution in [0.2, 0.25) is 0 Å². The highest BCUT2D eigenvalue weighted by molar-refractivity contribution is 6.14. The lowest BCUT2D eigenvalue weighted by molar-refractivity contribution is -0.385. The predicted octanol–water partition coefficient (Wildman–Crippen LogP) is 4.40. The zero-order valence-corrected chi connectivity index (χ0v) is 13.4. The van der Waals surface area contributed by atoms with Crippen molar-refractivity contribution in [2.75, 3.05) is 0 Å². The largest absolute Gasteiger partial charge is 0.288 e. The standard InChI is InChI=1S/C19H12N2O5/c22-19(15-9-4-5-12-17(15)20(23)24)16-11-6-10-14(18(16)21(25)26)13-7-2-1-3-8-13/h1-12H. The molecule has 3 aromatic rings. The highest BCUT2D eigenvalue weighted by atomic mass is 16.6. The normalized spacial score (nSPS) is 10.3. The van der Waals surface area contributed by atoms with Crippen molar-refractivity contribution >= 4 is 17.2 Å². The van der Waals surface area contributed by atoms with Crippen LogP contribution in [0.25, 0.3) is 11.1 Å². The van der Waals surface area contributed by atoms with Crippen molar-refractivity contribution < 1.29 is 14.6 Å². The van der Waals surface area contributed by atoms with Crippen molar-refractivity contribution in [3.05, 3.63) is 104 Å². The van der Waals surface area contributed by atoms with Gasteiger partial charge in [0.05, 0.1) is 15.4 Å². The first-order valence-corrected chi connectivity index (χ1v) is 7.61. The Morgan fingerprint density at radius 3 is 1.96 bits per heavy atom. The van der Waals surface area contributed by atoms with Crippen molar-refractivity contribution in [2.45, 2.75) is 0 Å². The van der Waals surface area contributed by atoms with Crippen LogP contribution >= 0.6 is 0 Å². The van der Waals surface area contributed by atoms with Crippen molar-refractivity contribution in [2.24, 2.45) is 0 Å². The van der Waals surface area contributed by atoms with Gasteiger partial charge in [-0.2, -0.15) is 0 Å². The Kier molecular flexibility index (Phi) is 4.53. The number of carbonyl (C=O) groups excluding carboxylic acids is 1. The van der Waals surface area contributed by atoms with E-state index in [9.17, 15) is 25.0 Å². The summed E-state index contributed by atoms with van der Waals surface area (Å²) < 4.78 is 0. The Labute approximate surface area is 147 Å². The minimum Gasteiger partial charge on any atom is -0.288 e. The quantitative estimate of drug-likeness (QED) is 0.386. The van der Waals surface area contributed by atoms with Crippen molar-refractivity contribution in [3.63, 3.8) is 0 Å². The van der Waals surface area contributed by atoms with Gasteiger partial charge < -0.3 is 0 Å². The Morgan fingerprint density at radius 1 is 0.692 bits per heavy atom. The second-order valence-corrected chi connectivity index (χ2v) is 5.43. The molecule has 0 saturated heterocycles. The highest BCUT2D eigenvalue weighted by Gasteiger charge is 2.29. The molecule has 0 amide bonds. The van der Waals surface area contributed by atoms with Gasteiger partial charge in [0.2, 0.25) is 5.78 Å². The Hall–Kier alpha value is -3.87. The summed E-state index contributed by atoms with van der Waals surface area (Å²) in [5.41, 5.74) is -0.285. The first kappa shape index (κ1) is 17.0. The molecule has 3 aromatic carbocycles. The minimum absolute atomic E-state index is 0.189. The average Bonchev–Trinajstić information content (AvgIpc) is 2.67. The second-order valence-electron chi connectivity index (χ2n) is 5.43. The fraction of sp³-hybridized carbons (Fsp3) is 0. The number of carbonyl (C=O) groups is 1. The van der Waals surface area contributed by atoms with Gasteiger partial charge in [0.1, 0.15) is 11.1 Å².